The topological polar surface area (TPSA) is 132 Å². The third-order valence-corrected chi connectivity index (χ3v) is 4.55. The monoisotopic (exact) mass is 457 g/mol. The molecule has 176 valence electrons. The molecule has 1 heterocycles. The summed E-state index contributed by atoms with van der Waals surface area (Å²) in [4.78, 5) is 22.8. The minimum atomic E-state index is -1.82. The quantitative estimate of drug-likeness (QED) is 0.415. The van der Waals surface area contributed by atoms with Crippen LogP contribution in [-0.4, -0.2) is 59.6 Å². The van der Waals surface area contributed by atoms with E-state index in [1.165, 1.54) is 0 Å². The van der Waals surface area contributed by atoms with Crippen LogP contribution in [0.1, 0.15) is 5.56 Å². The van der Waals surface area contributed by atoms with Crippen LogP contribution in [0.4, 0.5) is 5.95 Å². The highest BCUT2D eigenvalue weighted by molar-refractivity contribution is 6.27. The number of rotatable bonds is 9. The van der Waals surface area contributed by atoms with Gasteiger partial charge in [-0.3, -0.25) is 0 Å². The van der Waals surface area contributed by atoms with Gasteiger partial charge in [0.05, 0.1) is 32.7 Å². The van der Waals surface area contributed by atoms with Gasteiger partial charge in [0.1, 0.15) is 11.5 Å². The van der Waals surface area contributed by atoms with E-state index in [0.29, 0.717) is 19.7 Å². The van der Waals surface area contributed by atoms with Gasteiger partial charge in [-0.05, 0) is 23.8 Å². The molecule has 3 N–H and O–H groups in total. The number of imidazole rings is 1. The molecule has 0 saturated carbocycles. The lowest BCUT2D eigenvalue weighted by Crippen LogP contribution is -2.12. The first-order valence-electron chi connectivity index (χ1n) is 9.92. The fraction of sp³-hybridized carbons (Fsp3) is 0.261. The Balaban J connectivity index is 0.000000569. The molecule has 0 fully saturated rings. The number of methoxy groups -OCH3 is 3. The lowest BCUT2D eigenvalue weighted by molar-refractivity contribution is -0.159. The number of carbonyl (C=O) groups is 2. The summed E-state index contributed by atoms with van der Waals surface area (Å²) in [7, 11) is 5.02. The van der Waals surface area contributed by atoms with Gasteiger partial charge in [-0.25, -0.2) is 14.6 Å². The third-order valence-electron chi connectivity index (χ3n) is 4.55. The number of hydrogen-bond donors (Lipinski definition) is 3. The van der Waals surface area contributed by atoms with Crippen LogP contribution in [0.25, 0.3) is 11.3 Å². The largest absolute Gasteiger partial charge is 0.497 e. The first-order chi connectivity index (χ1) is 15.9. The van der Waals surface area contributed by atoms with Crippen LogP contribution < -0.4 is 14.8 Å². The number of aliphatic carboxylic acids is 2. The highest BCUT2D eigenvalue weighted by Crippen LogP contribution is 2.26. The predicted molar refractivity (Wildman–Crippen MR) is 122 cm³/mol. The number of carboxylic acids is 2. The Morgan fingerprint density at radius 3 is 2.27 bits per heavy atom. The molecule has 0 atom stereocenters. The summed E-state index contributed by atoms with van der Waals surface area (Å²) < 4.78 is 18.2. The summed E-state index contributed by atoms with van der Waals surface area (Å²) in [6.45, 7) is 1.88. The number of aromatic nitrogens is 2. The number of benzene rings is 2. The third kappa shape index (κ3) is 7.25. The minimum absolute atomic E-state index is 0.568. The van der Waals surface area contributed by atoms with E-state index >= 15 is 0 Å². The number of nitrogens with zero attached hydrogens (tertiary/aromatic N) is 2. The molecule has 3 aromatic rings. The first-order valence-corrected chi connectivity index (χ1v) is 9.92. The Kier molecular flexibility index (Phi) is 9.72. The van der Waals surface area contributed by atoms with Gasteiger partial charge >= 0.3 is 11.9 Å². The summed E-state index contributed by atoms with van der Waals surface area (Å²) in [6, 6.07) is 16.0. The molecule has 2 aromatic carbocycles. The van der Waals surface area contributed by atoms with E-state index in [0.717, 1.165) is 34.3 Å². The number of carboxylic acid groups (broad SMARTS) is 2. The van der Waals surface area contributed by atoms with Crippen LogP contribution >= 0.6 is 0 Å². The van der Waals surface area contributed by atoms with Gasteiger partial charge in [-0.15, -0.1) is 0 Å². The molecule has 0 saturated heterocycles. The van der Waals surface area contributed by atoms with Crippen molar-refractivity contribution in [1.82, 2.24) is 9.55 Å². The van der Waals surface area contributed by atoms with Gasteiger partial charge in [-0.2, -0.15) is 0 Å². The molecule has 0 bridgehead atoms. The van der Waals surface area contributed by atoms with E-state index < -0.39 is 11.9 Å². The second kappa shape index (κ2) is 12.7. The molecular weight excluding hydrogens is 430 g/mol. The molecular formula is C23H27N3O7. The van der Waals surface area contributed by atoms with Crippen molar-refractivity contribution in [2.24, 2.45) is 0 Å². The van der Waals surface area contributed by atoms with E-state index in [9.17, 15) is 0 Å². The van der Waals surface area contributed by atoms with Crippen LogP contribution in [0.5, 0.6) is 11.5 Å². The van der Waals surface area contributed by atoms with Crippen LogP contribution in [0.3, 0.4) is 0 Å². The first kappa shape index (κ1) is 25.2. The van der Waals surface area contributed by atoms with Crippen molar-refractivity contribution in [1.29, 1.82) is 0 Å². The Labute approximate surface area is 191 Å². The van der Waals surface area contributed by atoms with Gasteiger partial charge in [-0.1, -0.05) is 30.3 Å². The number of ether oxygens (including phenoxy) is 3. The lowest BCUT2D eigenvalue weighted by Gasteiger charge is -2.15. The molecule has 33 heavy (non-hydrogen) atoms. The average molecular weight is 457 g/mol. The van der Waals surface area contributed by atoms with Crippen molar-refractivity contribution >= 4 is 17.9 Å². The Bertz CT molecular complexity index is 1040. The predicted octanol–water partition coefficient (Wildman–Crippen LogP) is 2.98. The normalized spacial score (nSPS) is 10.0. The minimum Gasteiger partial charge on any atom is -0.497 e. The molecule has 1 aromatic heterocycles. The van der Waals surface area contributed by atoms with E-state index in [4.69, 9.17) is 34.0 Å². The number of nitrogens with one attached hydrogen (secondary N) is 1. The van der Waals surface area contributed by atoms with Crippen LogP contribution in [-0.2, 0) is 27.4 Å². The average Bonchev–Trinajstić information content (AvgIpc) is 3.24. The van der Waals surface area contributed by atoms with Crippen molar-refractivity contribution in [2.75, 3.05) is 33.3 Å². The Morgan fingerprint density at radius 1 is 1.00 bits per heavy atom. The van der Waals surface area contributed by atoms with Crippen molar-refractivity contribution in [3.8, 4) is 22.8 Å². The molecule has 0 aliphatic carbocycles. The maximum Gasteiger partial charge on any atom is 0.414 e. The Morgan fingerprint density at radius 2 is 1.70 bits per heavy atom. The van der Waals surface area contributed by atoms with Crippen LogP contribution in [0, 0.1) is 0 Å². The van der Waals surface area contributed by atoms with Crippen molar-refractivity contribution in [2.45, 2.75) is 13.1 Å². The van der Waals surface area contributed by atoms with Gasteiger partial charge in [0.25, 0.3) is 0 Å². The molecule has 0 aliphatic heterocycles. The molecule has 10 nitrogen and oxygen atoms in total. The van der Waals surface area contributed by atoms with Crippen molar-refractivity contribution < 1.29 is 34.0 Å². The summed E-state index contributed by atoms with van der Waals surface area (Å²) in [5.74, 6) is -1.26. The lowest BCUT2D eigenvalue weighted by atomic mass is 10.2. The van der Waals surface area contributed by atoms with Gasteiger partial charge in [0.15, 0.2) is 0 Å². The summed E-state index contributed by atoms with van der Waals surface area (Å²) in [5.41, 5.74) is 3.17. The van der Waals surface area contributed by atoms with Gasteiger partial charge < -0.3 is 34.3 Å². The summed E-state index contributed by atoms with van der Waals surface area (Å²) in [5, 5.41) is 18.2. The second-order valence-corrected chi connectivity index (χ2v) is 6.62. The zero-order valence-corrected chi connectivity index (χ0v) is 18.6. The molecule has 0 aliphatic rings. The molecule has 0 spiro atoms. The molecule has 10 heteroatoms. The molecule has 0 radical (unpaired) electrons. The number of anilines is 1. The SMILES string of the molecule is COCCn1c(-c2ccccc2)cnc1NCc1cc(OC)ccc1OC.O=C(O)C(=O)O. The van der Waals surface area contributed by atoms with Crippen LogP contribution in [0.2, 0.25) is 0 Å². The van der Waals surface area contributed by atoms with Gasteiger partial charge in [0, 0.05) is 25.8 Å². The smallest absolute Gasteiger partial charge is 0.414 e. The van der Waals surface area contributed by atoms with Crippen molar-refractivity contribution in [3.05, 3.63) is 60.3 Å². The summed E-state index contributed by atoms with van der Waals surface area (Å²) in [6.07, 6.45) is 1.89. The highest BCUT2D eigenvalue weighted by atomic mass is 16.5. The number of hydrogen-bond acceptors (Lipinski definition) is 7. The van der Waals surface area contributed by atoms with E-state index in [2.05, 4.69) is 27.0 Å². The van der Waals surface area contributed by atoms with E-state index in [-0.39, 0.29) is 0 Å². The zero-order valence-electron chi connectivity index (χ0n) is 18.6. The maximum atomic E-state index is 9.10. The summed E-state index contributed by atoms with van der Waals surface area (Å²) >= 11 is 0. The van der Waals surface area contributed by atoms with Crippen LogP contribution in [0.15, 0.2) is 54.7 Å². The second-order valence-electron chi connectivity index (χ2n) is 6.62. The molecule has 0 amide bonds. The van der Waals surface area contributed by atoms with E-state index in [1.54, 1.807) is 21.3 Å². The van der Waals surface area contributed by atoms with E-state index in [1.807, 2.05) is 42.6 Å². The highest BCUT2D eigenvalue weighted by Gasteiger charge is 2.13. The Hall–Kier alpha value is -4.05. The fourth-order valence-electron chi connectivity index (χ4n) is 2.96. The fourth-order valence-corrected chi connectivity index (χ4v) is 2.96. The van der Waals surface area contributed by atoms with Gasteiger partial charge in [0.2, 0.25) is 5.95 Å². The maximum absolute atomic E-state index is 9.10. The molecule has 3 rings (SSSR count). The molecule has 0 unspecified atom stereocenters. The standard InChI is InChI=1S/C21H25N3O3.C2H2O4/c1-25-12-11-24-19(16-7-5-4-6-8-16)15-23-21(24)22-14-17-13-18(26-2)9-10-20(17)27-3;3-1(4)2(5)6/h4-10,13,15H,11-12,14H2,1-3H3,(H,22,23);(H,3,4)(H,5,6). The van der Waals surface area contributed by atoms with Crippen molar-refractivity contribution in [3.63, 3.8) is 0 Å². The zero-order chi connectivity index (χ0) is 24.2.